The van der Waals surface area contributed by atoms with Crippen molar-refractivity contribution in [2.75, 3.05) is 6.61 Å². The van der Waals surface area contributed by atoms with Crippen molar-refractivity contribution in [1.82, 2.24) is 0 Å². The highest BCUT2D eigenvalue weighted by atomic mass is 35.5. The molecule has 1 aromatic carbocycles. The Morgan fingerprint density at radius 1 is 1.44 bits per heavy atom. The second-order valence-electron chi connectivity index (χ2n) is 3.06. The lowest BCUT2D eigenvalue weighted by Crippen LogP contribution is -2.36. The molecule has 0 radical (unpaired) electrons. The van der Waals surface area contributed by atoms with Crippen LogP contribution in [0.15, 0.2) is 18.2 Å². The summed E-state index contributed by atoms with van der Waals surface area (Å²) in [6.45, 7) is -1.43. The molecule has 0 unspecified atom stereocenters. The van der Waals surface area contributed by atoms with Crippen LogP contribution in [-0.2, 0) is 0 Å². The van der Waals surface area contributed by atoms with Gasteiger partial charge in [0.1, 0.15) is 12.4 Å². The van der Waals surface area contributed by atoms with Crippen LogP contribution in [0, 0.1) is 5.82 Å². The van der Waals surface area contributed by atoms with Gasteiger partial charge in [0.25, 0.3) is 5.92 Å². The Bertz CT molecular complexity index is 363. The Hall–Kier alpha value is -0.490. The highest BCUT2D eigenvalue weighted by Gasteiger charge is 2.38. The first-order chi connectivity index (χ1) is 6.88. The van der Waals surface area contributed by atoms with E-state index in [4.69, 9.17) is 22.4 Å². The molecule has 0 amide bonds. The summed E-state index contributed by atoms with van der Waals surface area (Å²) in [6.07, 6.45) is 0. The van der Waals surface area contributed by atoms with Crippen LogP contribution in [0.5, 0.6) is 0 Å². The zero-order valence-electron chi connectivity index (χ0n) is 7.96. The minimum atomic E-state index is -3.56. The van der Waals surface area contributed by atoms with Crippen molar-refractivity contribution in [1.29, 1.82) is 0 Å². The topological polar surface area (TPSA) is 46.2 Å². The molecule has 1 aromatic rings. The van der Waals surface area contributed by atoms with Crippen LogP contribution in [0.2, 0.25) is 5.02 Å². The van der Waals surface area contributed by atoms with Gasteiger partial charge in [-0.25, -0.2) is 13.2 Å². The van der Waals surface area contributed by atoms with Crippen molar-refractivity contribution in [3.05, 3.63) is 34.6 Å². The molecule has 2 nitrogen and oxygen atoms in total. The molecule has 0 aliphatic rings. The quantitative estimate of drug-likeness (QED) is 0.891. The molecule has 0 saturated heterocycles. The fraction of sp³-hybridized carbons (Fsp3) is 0.333. The van der Waals surface area contributed by atoms with Crippen LogP contribution >= 0.6 is 24.0 Å². The van der Waals surface area contributed by atoms with E-state index < -0.39 is 24.4 Å². The number of nitrogens with two attached hydrogens (primary N) is 1. The van der Waals surface area contributed by atoms with Gasteiger partial charge in [-0.1, -0.05) is 17.7 Å². The van der Waals surface area contributed by atoms with E-state index in [0.29, 0.717) is 0 Å². The highest BCUT2D eigenvalue weighted by Crippen LogP contribution is 2.31. The number of aliphatic hydroxyl groups excluding tert-OH is 1. The molecule has 92 valence electrons. The van der Waals surface area contributed by atoms with E-state index in [1.165, 1.54) is 6.07 Å². The van der Waals surface area contributed by atoms with Gasteiger partial charge in [0.15, 0.2) is 0 Å². The fourth-order valence-corrected chi connectivity index (χ4v) is 1.24. The van der Waals surface area contributed by atoms with E-state index in [1.54, 1.807) is 0 Å². The number of hydrogen-bond donors (Lipinski definition) is 2. The van der Waals surface area contributed by atoms with Gasteiger partial charge in [0.2, 0.25) is 0 Å². The van der Waals surface area contributed by atoms with Crippen LogP contribution in [0.25, 0.3) is 0 Å². The first kappa shape index (κ1) is 15.5. The maximum atomic E-state index is 13.2. The van der Waals surface area contributed by atoms with E-state index in [0.717, 1.165) is 12.1 Å². The Morgan fingerprint density at radius 3 is 2.44 bits per heavy atom. The zero-order chi connectivity index (χ0) is 11.6. The lowest BCUT2D eigenvalue weighted by Gasteiger charge is -2.22. The first-order valence-electron chi connectivity index (χ1n) is 4.07. The van der Waals surface area contributed by atoms with Crippen LogP contribution < -0.4 is 5.73 Å². The molecule has 0 aliphatic carbocycles. The van der Waals surface area contributed by atoms with Crippen LogP contribution in [0.1, 0.15) is 11.6 Å². The smallest absolute Gasteiger partial charge is 0.289 e. The molecule has 1 rings (SSSR count). The number of rotatable bonds is 3. The maximum Gasteiger partial charge on any atom is 0.289 e. The number of halogens is 5. The average Bonchev–Trinajstić information content (AvgIpc) is 2.17. The maximum absolute atomic E-state index is 13.2. The van der Waals surface area contributed by atoms with E-state index in [-0.39, 0.29) is 23.0 Å². The normalized spacial score (nSPS) is 13.1. The number of hydrogen-bond acceptors (Lipinski definition) is 2. The summed E-state index contributed by atoms with van der Waals surface area (Å²) in [5.41, 5.74) is 4.76. The number of aliphatic hydroxyl groups is 1. The third-order valence-electron chi connectivity index (χ3n) is 1.96. The summed E-state index contributed by atoms with van der Waals surface area (Å²) >= 11 is 5.45. The summed E-state index contributed by atoms with van der Waals surface area (Å²) in [6, 6.07) is 1.34. The summed E-state index contributed by atoms with van der Waals surface area (Å²) in [5, 5.41) is 8.49. The largest absolute Gasteiger partial charge is 0.390 e. The SMILES string of the molecule is Cl.N[C@@H](c1ccc(Cl)cc1F)C(F)(F)CO. The van der Waals surface area contributed by atoms with Crippen LogP contribution in [0.3, 0.4) is 0 Å². The monoisotopic (exact) mass is 275 g/mol. The molecule has 0 spiro atoms. The van der Waals surface area contributed by atoms with Crippen molar-refractivity contribution in [2.24, 2.45) is 5.73 Å². The molecular formula is C9H10Cl2F3NO. The van der Waals surface area contributed by atoms with Gasteiger partial charge in [0, 0.05) is 10.6 Å². The van der Waals surface area contributed by atoms with E-state index in [1.807, 2.05) is 0 Å². The molecule has 0 aromatic heterocycles. The second kappa shape index (κ2) is 5.72. The van der Waals surface area contributed by atoms with Crippen molar-refractivity contribution < 1.29 is 18.3 Å². The summed E-state index contributed by atoms with van der Waals surface area (Å²) in [4.78, 5) is 0. The Labute approximate surface area is 102 Å². The highest BCUT2D eigenvalue weighted by molar-refractivity contribution is 6.30. The third-order valence-corrected chi connectivity index (χ3v) is 2.20. The summed E-state index contributed by atoms with van der Waals surface area (Å²) in [5.74, 6) is -4.47. The molecule has 16 heavy (non-hydrogen) atoms. The molecular weight excluding hydrogens is 266 g/mol. The molecule has 0 heterocycles. The standard InChI is InChI=1S/C9H9ClF3NO.ClH/c10-5-1-2-6(7(11)3-5)8(14)9(12,13)4-15;/h1-3,8,15H,4,14H2;1H/t8-;/m0./s1. The molecule has 0 fully saturated rings. The molecule has 0 aliphatic heterocycles. The van der Waals surface area contributed by atoms with Crippen molar-refractivity contribution in [3.63, 3.8) is 0 Å². The Morgan fingerprint density at radius 2 is 2.00 bits per heavy atom. The third kappa shape index (κ3) is 3.25. The van der Waals surface area contributed by atoms with Gasteiger partial charge in [0.05, 0.1) is 6.04 Å². The van der Waals surface area contributed by atoms with Crippen LogP contribution in [-0.4, -0.2) is 17.6 Å². The lowest BCUT2D eigenvalue weighted by molar-refractivity contribution is -0.0718. The van der Waals surface area contributed by atoms with Crippen molar-refractivity contribution in [3.8, 4) is 0 Å². The summed E-state index contributed by atoms with van der Waals surface area (Å²) < 4.78 is 39.1. The number of alkyl halides is 2. The van der Waals surface area contributed by atoms with Gasteiger partial charge in [-0.3, -0.25) is 0 Å². The molecule has 7 heteroatoms. The summed E-state index contributed by atoms with van der Waals surface area (Å²) in [7, 11) is 0. The molecule has 0 saturated carbocycles. The number of benzene rings is 1. The van der Waals surface area contributed by atoms with Gasteiger partial charge < -0.3 is 10.8 Å². The van der Waals surface area contributed by atoms with Gasteiger partial charge in [-0.2, -0.15) is 0 Å². The Balaban J connectivity index is 0.00000225. The van der Waals surface area contributed by atoms with Crippen molar-refractivity contribution >= 4 is 24.0 Å². The predicted molar refractivity (Wildman–Crippen MR) is 57.6 cm³/mol. The Kier molecular flexibility index (Phi) is 5.55. The first-order valence-corrected chi connectivity index (χ1v) is 4.45. The van der Waals surface area contributed by atoms with Gasteiger partial charge >= 0.3 is 0 Å². The minimum absolute atomic E-state index is 0. The molecule has 0 bridgehead atoms. The van der Waals surface area contributed by atoms with Crippen molar-refractivity contribution in [2.45, 2.75) is 12.0 Å². The lowest BCUT2D eigenvalue weighted by atomic mass is 10.0. The van der Waals surface area contributed by atoms with E-state index in [2.05, 4.69) is 0 Å². The van der Waals surface area contributed by atoms with E-state index in [9.17, 15) is 13.2 Å². The van der Waals surface area contributed by atoms with E-state index >= 15 is 0 Å². The predicted octanol–water partition coefficient (Wildman–Crippen LogP) is 2.53. The van der Waals surface area contributed by atoms with Crippen LogP contribution in [0.4, 0.5) is 13.2 Å². The fourth-order valence-electron chi connectivity index (χ4n) is 1.08. The van der Waals surface area contributed by atoms with Gasteiger partial charge in [-0.05, 0) is 12.1 Å². The molecule has 3 N–H and O–H groups in total. The zero-order valence-corrected chi connectivity index (χ0v) is 9.53. The minimum Gasteiger partial charge on any atom is -0.390 e. The average molecular weight is 276 g/mol. The van der Waals surface area contributed by atoms with Gasteiger partial charge in [-0.15, -0.1) is 12.4 Å². The molecule has 1 atom stereocenters. The second-order valence-corrected chi connectivity index (χ2v) is 3.50.